The Bertz CT molecular complexity index is 1020. The van der Waals surface area contributed by atoms with Crippen LogP contribution in [0.5, 0.6) is 0 Å². The summed E-state index contributed by atoms with van der Waals surface area (Å²) in [5.41, 5.74) is 5.65. The Balaban J connectivity index is 0.00000181. The molecule has 2 amide bonds. The molecular weight excluding hydrogens is 404 g/mol. The monoisotopic (exact) mass is 436 g/mol. The second-order valence-electron chi connectivity index (χ2n) is 7.99. The number of anilines is 1. The van der Waals surface area contributed by atoms with Crippen LogP contribution in [0.3, 0.4) is 0 Å². The van der Waals surface area contributed by atoms with E-state index in [-0.39, 0.29) is 14.5 Å². The molecule has 0 atom stereocenters. The first-order valence-electron chi connectivity index (χ1n) is 10.6. The maximum atomic E-state index is 12.6. The Labute approximate surface area is 179 Å². The number of aliphatic hydroxyl groups is 1. The van der Waals surface area contributed by atoms with Gasteiger partial charge >= 0.3 is 6.03 Å². The Morgan fingerprint density at radius 3 is 2.47 bits per heavy atom. The van der Waals surface area contributed by atoms with E-state index in [0.717, 1.165) is 68.2 Å². The summed E-state index contributed by atoms with van der Waals surface area (Å²) in [6.07, 6.45) is 9.87. The average Bonchev–Trinajstić information content (AvgIpc) is 3.44. The zero-order valence-electron chi connectivity index (χ0n) is 17.0. The highest BCUT2D eigenvalue weighted by atomic mass is 32.2. The highest BCUT2D eigenvalue weighted by Gasteiger charge is 2.27. The van der Waals surface area contributed by atoms with Gasteiger partial charge in [0.1, 0.15) is 0 Å². The number of fused-ring (bicyclic) bond motifs is 2. The number of amides is 2. The molecule has 2 aliphatic carbocycles. The number of carbonyl (C=O) groups excluding carboxylic acids is 1. The standard InChI is InChI=1S/C21H28N4O4S.2H2/c26-13-3-1-2-11-25-12-10-19(23-25)30(28,29)24-21(27)22-20-17-8-4-6-15(17)14-16-7-5-9-18(16)20;;/h10,12,14,26H,1-9,11,13H2,(H2,22,24,27);2*1H. The molecule has 4 rings (SSSR count). The summed E-state index contributed by atoms with van der Waals surface area (Å²) < 4.78 is 28.9. The highest BCUT2D eigenvalue weighted by Crippen LogP contribution is 2.38. The minimum Gasteiger partial charge on any atom is -0.396 e. The first-order valence-corrected chi connectivity index (χ1v) is 12.1. The molecule has 0 bridgehead atoms. The molecule has 1 aromatic heterocycles. The number of unbranched alkanes of at least 4 members (excludes halogenated alkanes) is 2. The second-order valence-corrected chi connectivity index (χ2v) is 9.62. The molecule has 30 heavy (non-hydrogen) atoms. The van der Waals surface area contributed by atoms with Crippen LogP contribution in [0.1, 0.15) is 57.2 Å². The van der Waals surface area contributed by atoms with Gasteiger partial charge in [0.2, 0.25) is 0 Å². The fraction of sp³-hybridized carbons (Fsp3) is 0.524. The van der Waals surface area contributed by atoms with Crippen LogP contribution in [0.4, 0.5) is 10.5 Å². The highest BCUT2D eigenvalue weighted by molar-refractivity contribution is 7.90. The number of aromatic nitrogens is 2. The summed E-state index contributed by atoms with van der Waals surface area (Å²) in [4.78, 5) is 12.6. The number of aryl methyl sites for hydroxylation is 3. The van der Waals surface area contributed by atoms with Crippen LogP contribution in [-0.4, -0.2) is 35.9 Å². The maximum absolute atomic E-state index is 12.6. The van der Waals surface area contributed by atoms with Gasteiger partial charge in [-0.3, -0.25) is 4.68 Å². The van der Waals surface area contributed by atoms with E-state index in [2.05, 4.69) is 21.2 Å². The molecule has 3 N–H and O–H groups in total. The number of hydrogen-bond acceptors (Lipinski definition) is 5. The molecule has 2 aliphatic rings. The number of rotatable bonds is 8. The normalized spacial score (nSPS) is 15.1. The molecule has 1 aromatic carbocycles. The van der Waals surface area contributed by atoms with Gasteiger partial charge in [-0.25, -0.2) is 9.52 Å². The topological polar surface area (TPSA) is 113 Å². The van der Waals surface area contributed by atoms with Crippen molar-refractivity contribution >= 4 is 21.7 Å². The summed E-state index contributed by atoms with van der Waals surface area (Å²) in [6, 6.07) is 2.90. The molecule has 0 fully saturated rings. The van der Waals surface area contributed by atoms with Gasteiger partial charge in [0.15, 0.2) is 5.03 Å². The minimum absolute atomic E-state index is 0. The molecule has 0 saturated heterocycles. The van der Waals surface area contributed by atoms with Gasteiger partial charge in [-0.15, -0.1) is 0 Å². The van der Waals surface area contributed by atoms with Crippen molar-refractivity contribution in [3.63, 3.8) is 0 Å². The molecule has 9 heteroatoms. The number of nitrogens with zero attached hydrogens (tertiary/aromatic N) is 2. The first kappa shape index (κ1) is 20.9. The van der Waals surface area contributed by atoms with Crippen LogP contribution in [0.25, 0.3) is 0 Å². The maximum Gasteiger partial charge on any atom is 0.333 e. The Hall–Kier alpha value is -2.39. The molecule has 0 spiro atoms. The second kappa shape index (κ2) is 8.77. The number of nitrogens with one attached hydrogen (secondary N) is 2. The molecule has 8 nitrogen and oxygen atoms in total. The fourth-order valence-corrected chi connectivity index (χ4v) is 5.31. The fourth-order valence-electron chi connectivity index (χ4n) is 4.45. The van der Waals surface area contributed by atoms with Crippen molar-refractivity contribution in [2.45, 2.75) is 69.4 Å². The van der Waals surface area contributed by atoms with E-state index in [0.29, 0.717) is 13.0 Å². The van der Waals surface area contributed by atoms with Crippen molar-refractivity contribution in [3.05, 3.63) is 40.6 Å². The Morgan fingerprint density at radius 2 is 1.80 bits per heavy atom. The van der Waals surface area contributed by atoms with Gasteiger partial charge in [-0.05, 0) is 86.1 Å². The first-order chi connectivity index (χ1) is 14.5. The van der Waals surface area contributed by atoms with E-state index in [1.165, 1.54) is 17.2 Å². The predicted molar refractivity (Wildman–Crippen MR) is 117 cm³/mol. The lowest BCUT2D eigenvalue weighted by molar-refractivity contribution is 0.256. The summed E-state index contributed by atoms with van der Waals surface area (Å²) >= 11 is 0. The molecule has 2 aromatic rings. The van der Waals surface area contributed by atoms with Crippen molar-refractivity contribution in [1.82, 2.24) is 14.5 Å². The molecular formula is C21H32N4O4S. The lowest BCUT2D eigenvalue weighted by Crippen LogP contribution is -2.35. The minimum atomic E-state index is -4.06. The third-order valence-corrected chi connectivity index (χ3v) is 7.10. The van der Waals surface area contributed by atoms with Gasteiger partial charge in [-0.2, -0.15) is 13.5 Å². The zero-order chi connectivity index (χ0) is 21.1. The van der Waals surface area contributed by atoms with E-state index in [1.807, 2.05) is 0 Å². The molecule has 0 unspecified atom stereocenters. The molecule has 0 aliphatic heterocycles. The van der Waals surface area contributed by atoms with Crippen LogP contribution < -0.4 is 10.0 Å². The van der Waals surface area contributed by atoms with Gasteiger partial charge in [0, 0.05) is 27.9 Å². The molecule has 1 heterocycles. The third kappa shape index (κ3) is 4.37. The van der Waals surface area contributed by atoms with Gasteiger partial charge < -0.3 is 10.4 Å². The van der Waals surface area contributed by atoms with Gasteiger partial charge in [0.25, 0.3) is 10.0 Å². The van der Waals surface area contributed by atoms with Gasteiger partial charge in [-0.1, -0.05) is 6.07 Å². The van der Waals surface area contributed by atoms with Crippen molar-refractivity contribution in [2.24, 2.45) is 0 Å². The summed E-state index contributed by atoms with van der Waals surface area (Å²) in [5.74, 6) is 0. The van der Waals surface area contributed by atoms with E-state index >= 15 is 0 Å². The lowest BCUT2D eigenvalue weighted by atomic mass is 9.99. The average molecular weight is 437 g/mol. The number of hydrogen-bond donors (Lipinski definition) is 3. The number of sulfonamides is 1. The van der Waals surface area contributed by atoms with Crippen molar-refractivity contribution < 1.29 is 21.2 Å². The van der Waals surface area contributed by atoms with Crippen molar-refractivity contribution in [2.75, 3.05) is 11.9 Å². The number of urea groups is 1. The molecule has 0 saturated carbocycles. The smallest absolute Gasteiger partial charge is 0.333 e. The summed E-state index contributed by atoms with van der Waals surface area (Å²) in [7, 11) is -4.06. The number of carbonyl (C=O) groups is 1. The molecule has 166 valence electrons. The quantitative estimate of drug-likeness (QED) is 0.551. The Morgan fingerprint density at radius 1 is 1.10 bits per heavy atom. The van der Waals surface area contributed by atoms with Crippen molar-refractivity contribution in [1.29, 1.82) is 0 Å². The Kier molecular flexibility index (Phi) is 6.10. The van der Waals surface area contributed by atoms with Crippen molar-refractivity contribution in [3.8, 4) is 0 Å². The van der Waals surface area contributed by atoms with Crippen LogP contribution in [0.15, 0.2) is 23.4 Å². The van der Waals surface area contributed by atoms with Gasteiger partial charge in [0.05, 0.1) is 0 Å². The molecule has 0 radical (unpaired) electrons. The largest absolute Gasteiger partial charge is 0.396 e. The summed E-state index contributed by atoms with van der Waals surface area (Å²) in [6.45, 7) is 0.704. The number of aliphatic hydroxyl groups excluding tert-OH is 1. The van der Waals surface area contributed by atoms with Crippen LogP contribution in [-0.2, 0) is 42.3 Å². The number of benzene rings is 1. The third-order valence-electron chi connectivity index (χ3n) is 5.88. The van der Waals surface area contributed by atoms with E-state index in [1.54, 1.807) is 10.9 Å². The van der Waals surface area contributed by atoms with Crippen LogP contribution in [0, 0.1) is 0 Å². The zero-order valence-corrected chi connectivity index (χ0v) is 17.8. The lowest BCUT2D eigenvalue weighted by Gasteiger charge is -2.16. The summed E-state index contributed by atoms with van der Waals surface area (Å²) in [5, 5.41) is 15.6. The van der Waals surface area contributed by atoms with Crippen LogP contribution >= 0.6 is 0 Å². The van der Waals surface area contributed by atoms with E-state index < -0.39 is 16.1 Å². The van der Waals surface area contributed by atoms with E-state index in [9.17, 15) is 13.2 Å². The predicted octanol–water partition coefficient (Wildman–Crippen LogP) is 3.03. The van der Waals surface area contributed by atoms with E-state index in [4.69, 9.17) is 5.11 Å². The van der Waals surface area contributed by atoms with Crippen LogP contribution in [0.2, 0.25) is 0 Å². The SMILES string of the molecule is O=C(Nc1c2c(cc3c1CCC3)CCC2)NS(=O)(=O)c1ccn(CCCCCO)n1.[HH].[HH].